The van der Waals surface area contributed by atoms with Crippen molar-refractivity contribution in [2.24, 2.45) is 0 Å². The lowest BCUT2D eigenvalue weighted by Gasteiger charge is -2.08. The van der Waals surface area contributed by atoms with Gasteiger partial charge in [-0.2, -0.15) is 0 Å². The normalized spacial score (nSPS) is 11.1. The zero-order chi connectivity index (χ0) is 19.0. The summed E-state index contributed by atoms with van der Waals surface area (Å²) in [4.78, 5) is 21.3. The van der Waals surface area contributed by atoms with Gasteiger partial charge in [-0.3, -0.25) is 4.79 Å². The highest BCUT2D eigenvalue weighted by Crippen LogP contribution is 2.33. The number of nitrogens with zero attached hydrogens (tertiary/aromatic N) is 1. The Labute approximate surface area is 161 Å². The second-order valence-electron chi connectivity index (χ2n) is 6.65. The van der Waals surface area contributed by atoms with Crippen LogP contribution in [0.1, 0.15) is 22.5 Å². The monoisotopic (exact) mass is 376 g/mol. The number of hydrogen-bond acceptors (Lipinski definition) is 4. The van der Waals surface area contributed by atoms with E-state index in [9.17, 15) is 4.79 Å². The first-order valence-corrected chi connectivity index (χ1v) is 9.64. The van der Waals surface area contributed by atoms with Crippen molar-refractivity contribution in [3.63, 3.8) is 0 Å². The quantitative estimate of drug-likeness (QED) is 0.553. The predicted octanol–water partition coefficient (Wildman–Crippen LogP) is 4.87. The highest BCUT2D eigenvalue weighted by atomic mass is 32.1. The van der Waals surface area contributed by atoms with E-state index in [0.29, 0.717) is 17.6 Å². The fraction of sp³-hybridized carbons (Fsp3) is 0.182. The minimum absolute atomic E-state index is 0.0962. The summed E-state index contributed by atoms with van der Waals surface area (Å²) in [5.74, 6) is 1.44. The van der Waals surface area contributed by atoms with Crippen LogP contribution in [0.3, 0.4) is 0 Å². The number of thiophene rings is 1. The van der Waals surface area contributed by atoms with Crippen molar-refractivity contribution in [3.05, 3.63) is 80.7 Å². The van der Waals surface area contributed by atoms with Crippen molar-refractivity contribution in [1.82, 2.24) is 9.97 Å². The molecule has 0 aliphatic carbocycles. The Morgan fingerprint density at radius 2 is 1.93 bits per heavy atom. The van der Waals surface area contributed by atoms with Crippen molar-refractivity contribution in [3.8, 4) is 16.9 Å². The van der Waals surface area contributed by atoms with E-state index in [0.717, 1.165) is 32.8 Å². The van der Waals surface area contributed by atoms with E-state index in [4.69, 9.17) is 9.72 Å². The average Bonchev–Trinajstić information content (AvgIpc) is 3.06. The van der Waals surface area contributed by atoms with Crippen LogP contribution in [-0.4, -0.2) is 17.1 Å². The number of H-pyrrole nitrogens is 1. The Morgan fingerprint density at radius 1 is 1.11 bits per heavy atom. The molecule has 4 aromatic rings. The summed E-state index contributed by atoms with van der Waals surface area (Å²) in [5, 5.41) is 2.69. The number of ether oxygens (including phenoxy) is 1. The second-order valence-corrected chi connectivity index (χ2v) is 7.51. The maximum absolute atomic E-state index is 12.9. The van der Waals surface area contributed by atoms with E-state index >= 15 is 0 Å². The Bertz CT molecular complexity index is 1190. The number of aromatic amines is 1. The van der Waals surface area contributed by atoms with E-state index in [1.165, 1.54) is 16.9 Å². The van der Waals surface area contributed by atoms with Crippen molar-refractivity contribution >= 4 is 21.6 Å². The molecule has 0 saturated carbocycles. The van der Waals surface area contributed by atoms with Gasteiger partial charge >= 0.3 is 0 Å². The molecule has 0 spiro atoms. The molecule has 136 valence electrons. The predicted molar refractivity (Wildman–Crippen MR) is 111 cm³/mol. The Hall–Kier alpha value is -2.92. The molecule has 2 heterocycles. The summed E-state index contributed by atoms with van der Waals surface area (Å²) in [6, 6.07) is 14.1. The Kier molecular flexibility index (Phi) is 4.54. The first-order valence-electron chi connectivity index (χ1n) is 8.76. The summed E-state index contributed by atoms with van der Waals surface area (Å²) in [6.07, 6.45) is 0.520. The van der Waals surface area contributed by atoms with Crippen LogP contribution in [0.25, 0.3) is 21.3 Å². The molecule has 0 radical (unpaired) electrons. The van der Waals surface area contributed by atoms with E-state index < -0.39 is 0 Å². The van der Waals surface area contributed by atoms with Gasteiger partial charge in [-0.15, -0.1) is 11.3 Å². The smallest absolute Gasteiger partial charge is 0.260 e. The van der Waals surface area contributed by atoms with Gasteiger partial charge in [-0.25, -0.2) is 4.98 Å². The first-order chi connectivity index (χ1) is 13.1. The average molecular weight is 376 g/mol. The highest BCUT2D eigenvalue weighted by Gasteiger charge is 2.15. The zero-order valence-corrected chi connectivity index (χ0v) is 16.3. The number of aromatic nitrogens is 2. The van der Waals surface area contributed by atoms with Crippen molar-refractivity contribution in [1.29, 1.82) is 0 Å². The molecule has 0 saturated heterocycles. The number of hydrogen-bond donors (Lipinski definition) is 1. The molecule has 0 atom stereocenters. The van der Waals surface area contributed by atoms with Crippen LogP contribution in [0.4, 0.5) is 0 Å². The molecule has 0 bridgehead atoms. The molecule has 2 aromatic carbocycles. The third-order valence-electron chi connectivity index (χ3n) is 4.72. The van der Waals surface area contributed by atoms with Gasteiger partial charge in [0.15, 0.2) is 0 Å². The molecule has 27 heavy (non-hydrogen) atoms. The molecule has 0 aliphatic rings. The number of nitrogens with one attached hydrogen (secondary N) is 1. The van der Waals surface area contributed by atoms with Gasteiger partial charge in [0.05, 0.1) is 12.5 Å². The van der Waals surface area contributed by atoms with Crippen molar-refractivity contribution in [2.75, 3.05) is 7.11 Å². The van der Waals surface area contributed by atoms with Crippen LogP contribution in [0.15, 0.2) is 52.6 Å². The standard InChI is InChI=1S/C22H20N2O2S/c1-13-8-9-16(14(2)10-13)17-12-27-22-20(17)21(25)23-19(24-22)11-15-6-4-5-7-18(15)26-3/h4-10,12H,11H2,1-3H3,(H,23,24,25). The Balaban J connectivity index is 1.79. The maximum atomic E-state index is 12.9. The summed E-state index contributed by atoms with van der Waals surface area (Å²) in [6.45, 7) is 4.14. The van der Waals surface area contributed by atoms with Gasteiger partial charge in [0.1, 0.15) is 16.4 Å². The number of rotatable bonds is 4. The SMILES string of the molecule is COc1ccccc1Cc1nc2scc(-c3ccc(C)cc3C)c2c(=O)[nH]1. The molecule has 4 nitrogen and oxygen atoms in total. The van der Waals surface area contributed by atoms with E-state index in [1.807, 2.05) is 29.6 Å². The van der Waals surface area contributed by atoms with Crippen LogP contribution in [0.2, 0.25) is 0 Å². The molecule has 1 N–H and O–H groups in total. The summed E-state index contributed by atoms with van der Waals surface area (Å²) >= 11 is 1.51. The molecular weight excluding hydrogens is 356 g/mol. The number of benzene rings is 2. The minimum Gasteiger partial charge on any atom is -0.496 e. The second kappa shape index (κ2) is 7.00. The van der Waals surface area contributed by atoms with Crippen LogP contribution >= 0.6 is 11.3 Å². The van der Waals surface area contributed by atoms with Gasteiger partial charge < -0.3 is 9.72 Å². The summed E-state index contributed by atoms with van der Waals surface area (Å²) in [5.41, 5.74) is 5.30. The van der Waals surface area contributed by atoms with Gasteiger partial charge in [0.2, 0.25) is 0 Å². The molecule has 0 fully saturated rings. The van der Waals surface area contributed by atoms with Crippen LogP contribution in [0.5, 0.6) is 5.75 Å². The zero-order valence-electron chi connectivity index (χ0n) is 15.5. The van der Waals surface area contributed by atoms with Crippen LogP contribution < -0.4 is 10.3 Å². The molecule has 5 heteroatoms. The number of methoxy groups -OCH3 is 1. The third kappa shape index (κ3) is 3.26. The molecule has 0 unspecified atom stereocenters. The lowest BCUT2D eigenvalue weighted by Crippen LogP contribution is -2.12. The maximum Gasteiger partial charge on any atom is 0.260 e. The van der Waals surface area contributed by atoms with Crippen molar-refractivity contribution < 1.29 is 4.74 Å². The topological polar surface area (TPSA) is 55.0 Å². The molecule has 4 rings (SSSR count). The summed E-state index contributed by atoms with van der Waals surface area (Å²) in [7, 11) is 1.65. The third-order valence-corrected chi connectivity index (χ3v) is 5.59. The van der Waals surface area contributed by atoms with Crippen LogP contribution in [0, 0.1) is 13.8 Å². The van der Waals surface area contributed by atoms with Gasteiger partial charge in [0, 0.05) is 22.9 Å². The number of aryl methyl sites for hydroxylation is 2. The Morgan fingerprint density at radius 3 is 2.70 bits per heavy atom. The highest BCUT2D eigenvalue weighted by molar-refractivity contribution is 7.17. The largest absolute Gasteiger partial charge is 0.496 e. The van der Waals surface area contributed by atoms with E-state index in [2.05, 4.69) is 37.0 Å². The van der Waals surface area contributed by atoms with Gasteiger partial charge in [0.25, 0.3) is 5.56 Å². The minimum atomic E-state index is -0.0962. The fourth-order valence-corrected chi connectivity index (χ4v) is 4.38. The number of para-hydroxylation sites is 1. The number of fused-ring (bicyclic) bond motifs is 1. The first kappa shape index (κ1) is 17.5. The molecule has 0 amide bonds. The van der Waals surface area contributed by atoms with E-state index in [-0.39, 0.29) is 5.56 Å². The van der Waals surface area contributed by atoms with Crippen LogP contribution in [-0.2, 0) is 6.42 Å². The lowest BCUT2D eigenvalue weighted by molar-refractivity contribution is 0.410. The molecule has 2 aromatic heterocycles. The van der Waals surface area contributed by atoms with Gasteiger partial charge in [-0.1, -0.05) is 42.0 Å². The lowest BCUT2D eigenvalue weighted by atomic mass is 9.99. The fourth-order valence-electron chi connectivity index (χ4n) is 3.42. The van der Waals surface area contributed by atoms with Crippen molar-refractivity contribution in [2.45, 2.75) is 20.3 Å². The summed E-state index contributed by atoms with van der Waals surface area (Å²) < 4.78 is 5.40. The molecular formula is C22H20N2O2S. The molecule has 0 aliphatic heterocycles. The van der Waals surface area contributed by atoms with Gasteiger partial charge in [-0.05, 0) is 31.0 Å². The van der Waals surface area contributed by atoms with E-state index in [1.54, 1.807) is 7.11 Å².